The van der Waals surface area contributed by atoms with Gasteiger partial charge in [-0.15, -0.1) is 0 Å². The Balaban J connectivity index is 2.28. The van der Waals surface area contributed by atoms with Crippen LogP contribution in [0.5, 0.6) is 0 Å². The first kappa shape index (κ1) is 12.5. The van der Waals surface area contributed by atoms with Crippen molar-refractivity contribution in [3.63, 3.8) is 0 Å². The third-order valence-electron chi connectivity index (χ3n) is 2.32. The number of rotatable bonds is 2. The standard InChI is InChI=1S/C13H10ClFN2O/c1-8-5-9(7-16-6-8)17-13(18)12-10(14)3-2-4-11(12)15/h2-7H,1H3,(H,17,18). The molecule has 1 aromatic heterocycles. The SMILES string of the molecule is Cc1cncc(NC(=O)c2c(F)cccc2Cl)c1. The predicted molar refractivity (Wildman–Crippen MR) is 68.3 cm³/mol. The van der Waals surface area contributed by atoms with Crippen molar-refractivity contribution in [3.05, 3.63) is 58.6 Å². The second kappa shape index (κ2) is 5.14. The smallest absolute Gasteiger partial charge is 0.260 e. The van der Waals surface area contributed by atoms with Crippen LogP contribution < -0.4 is 5.32 Å². The second-order valence-electron chi connectivity index (χ2n) is 3.80. The van der Waals surface area contributed by atoms with E-state index in [1.165, 1.54) is 24.4 Å². The van der Waals surface area contributed by atoms with E-state index in [4.69, 9.17) is 11.6 Å². The molecule has 2 aromatic rings. The molecule has 0 fully saturated rings. The van der Waals surface area contributed by atoms with Gasteiger partial charge in [-0.1, -0.05) is 17.7 Å². The highest BCUT2D eigenvalue weighted by Gasteiger charge is 2.15. The number of hydrogen-bond acceptors (Lipinski definition) is 2. The van der Waals surface area contributed by atoms with Gasteiger partial charge in [0.25, 0.3) is 5.91 Å². The van der Waals surface area contributed by atoms with Gasteiger partial charge in [0.15, 0.2) is 0 Å². The van der Waals surface area contributed by atoms with Gasteiger partial charge in [-0.3, -0.25) is 9.78 Å². The van der Waals surface area contributed by atoms with E-state index in [0.717, 1.165) is 5.56 Å². The van der Waals surface area contributed by atoms with E-state index in [9.17, 15) is 9.18 Å². The number of anilines is 1. The molecule has 0 unspecified atom stereocenters. The maximum atomic E-state index is 13.5. The van der Waals surface area contributed by atoms with E-state index < -0.39 is 11.7 Å². The molecule has 0 aliphatic carbocycles. The molecule has 0 saturated carbocycles. The molecule has 1 amide bonds. The number of benzene rings is 1. The number of nitrogens with one attached hydrogen (secondary N) is 1. The van der Waals surface area contributed by atoms with Crippen LogP contribution in [0.4, 0.5) is 10.1 Å². The Labute approximate surface area is 109 Å². The van der Waals surface area contributed by atoms with Crippen LogP contribution in [-0.2, 0) is 0 Å². The van der Waals surface area contributed by atoms with Crippen LogP contribution in [0.25, 0.3) is 0 Å². The van der Waals surface area contributed by atoms with E-state index in [1.54, 1.807) is 12.3 Å². The first-order valence-corrected chi connectivity index (χ1v) is 5.63. The van der Waals surface area contributed by atoms with Crippen LogP contribution in [0.15, 0.2) is 36.7 Å². The molecule has 2 rings (SSSR count). The minimum atomic E-state index is -0.652. The fraction of sp³-hybridized carbons (Fsp3) is 0.0769. The number of aromatic nitrogens is 1. The molecule has 0 radical (unpaired) electrons. The van der Waals surface area contributed by atoms with Crippen LogP contribution in [0.3, 0.4) is 0 Å². The van der Waals surface area contributed by atoms with Crippen molar-refractivity contribution in [1.82, 2.24) is 4.98 Å². The predicted octanol–water partition coefficient (Wildman–Crippen LogP) is 3.43. The van der Waals surface area contributed by atoms with Gasteiger partial charge in [0.2, 0.25) is 0 Å². The summed E-state index contributed by atoms with van der Waals surface area (Å²) in [7, 11) is 0. The Morgan fingerprint density at radius 1 is 1.39 bits per heavy atom. The Morgan fingerprint density at radius 3 is 2.83 bits per heavy atom. The maximum Gasteiger partial charge on any atom is 0.260 e. The quantitative estimate of drug-likeness (QED) is 0.903. The van der Waals surface area contributed by atoms with E-state index >= 15 is 0 Å². The first-order chi connectivity index (χ1) is 8.58. The number of hydrogen-bond donors (Lipinski definition) is 1. The van der Waals surface area contributed by atoms with Gasteiger partial charge < -0.3 is 5.32 Å². The third kappa shape index (κ3) is 2.65. The lowest BCUT2D eigenvalue weighted by Crippen LogP contribution is -2.14. The Morgan fingerprint density at radius 2 is 2.17 bits per heavy atom. The Bertz CT molecular complexity index is 581. The molecule has 1 N–H and O–H groups in total. The second-order valence-corrected chi connectivity index (χ2v) is 4.21. The molecule has 0 bridgehead atoms. The van der Waals surface area contributed by atoms with Crippen molar-refractivity contribution in [2.24, 2.45) is 0 Å². The van der Waals surface area contributed by atoms with E-state index in [-0.39, 0.29) is 10.6 Å². The van der Waals surface area contributed by atoms with Crippen LogP contribution in [0, 0.1) is 12.7 Å². The highest BCUT2D eigenvalue weighted by Crippen LogP contribution is 2.20. The van der Waals surface area contributed by atoms with Crippen molar-refractivity contribution in [2.75, 3.05) is 5.32 Å². The number of carbonyl (C=O) groups excluding carboxylic acids is 1. The molecule has 0 saturated heterocycles. The summed E-state index contributed by atoms with van der Waals surface area (Å²) in [6.07, 6.45) is 3.14. The molecule has 0 spiro atoms. The van der Waals surface area contributed by atoms with Gasteiger partial charge in [-0.2, -0.15) is 0 Å². The largest absolute Gasteiger partial charge is 0.320 e. The van der Waals surface area contributed by atoms with Crippen molar-refractivity contribution in [2.45, 2.75) is 6.92 Å². The normalized spacial score (nSPS) is 10.2. The minimum absolute atomic E-state index is 0.0770. The fourth-order valence-electron chi connectivity index (χ4n) is 1.53. The zero-order valence-electron chi connectivity index (χ0n) is 9.58. The lowest BCUT2D eigenvalue weighted by molar-refractivity contribution is 0.102. The molecule has 92 valence electrons. The summed E-state index contributed by atoms with van der Waals surface area (Å²) >= 11 is 5.81. The summed E-state index contributed by atoms with van der Waals surface area (Å²) in [6, 6.07) is 5.84. The highest BCUT2D eigenvalue weighted by molar-refractivity contribution is 6.34. The molecule has 0 aliphatic heterocycles. The van der Waals surface area contributed by atoms with Crippen molar-refractivity contribution in [3.8, 4) is 0 Å². The van der Waals surface area contributed by atoms with Crippen LogP contribution >= 0.6 is 11.6 Å². The number of halogens is 2. The summed E-state index contributed by atoms with van der Waals surface area (Å²) in [5.41, 5.74) is 1.23. The number of amides is 1. The minimum Gasteiger partial charge on any atom is -0.320 e. The lowest BCUT2D eigenvalue weighted by atomic mass is 10.2. The number of carbonyl (C=O) groups is 1. The molecule has 18 heavy (non-hydrogen) atoms. The molecule has 1 aromatic carbocycles. The number of nitrogens with zero attached hydrogens (tertiary/aromatic N) is 1. The number of aryl methyl sites for hydroxylation is 1. The molecule has 5 heteroatoms. The Kier molecular flexibility index (Phi) is 3.58. The van der Waals surface area contributed by atoms with Crippen molar-refractivity contribution < 1.29 is 9.18 Å². The van der Waals surface area contributed by atoms with Crippen molar-refractivity contribution in [1.29, 1.82) is 0 Å². The highest BCUT2D eigenvalue weighted by atomic mass is 35.5. The average molecular weight is 265 g/mol. The van der Waals surface area contributed by atoms with Gasteiger partial charge in [-0.05, 0) is 30.7 Å². The van der Waals surface area contributed by atoms with Crippen LogP contribution in [-0.4, -0.2) is 10.9 Å². The van der Waals surface area contributed by atoms with E-state index in [0.29, 0.717) is 5.69 Å². The summed E-state index contributed by atoms with van der Waals surface area (Å²) in [5.74, 6) is -1.24. The first-order valence-electron chi connectivity index (χ1n) is 5.25. The van der Waals surface area contributed by atoms with E-state index in [1.807, 2.05) is 6.92 Å². The van der Waals surface area contributed by atoms with Gasteiger partial charge in [0.1, 0.15) is 5.82 Å². The van der Waals surface area contributed by atoms with Crippen LogP contribution in [0.1, 0.15) is 15.9 Å². The molecule has 0 aliphatic rings. The number of pyridine rings is 1. The Hall–Kier alpha value is -1.94. The molecule has 1 heterocycles. The van der Waals surface area contributed by atoms with Gasteiger partial charge in [-0.25, -0.2) is 4.39 Å². The molecular weight excluding hydrogens is 255 g/mol. The summed E-state index contributed by atoms with van der Waals surface area (Å²) in [4.78, 5) is 15.8. The maximum absolute atomic E-state index is 13.5. The fourth-order valence-corrected chi connectivity index (χ4v) is 1.78. The van der Waals surface area contributed by atoms with Gasteiger partial charge in [0.05, 0.1) is 22.5 Å². The monoisotopic (exact) mass is 264 g/mol. The molecule has 0 atom stereocenters. The summed E-state index contributed by atoms with van der Waals surface area (Å²) in [5, 5.41) is 2.63. The van der Waals surface area contributed by atoms with Gasteiger partial charge in [0, 0.05) is 6.20 Å². The lowest BCUT2D eigenvalue weighted by Gasteiger charge is -2.07. The third-order valence-corrected chi connectivity index (χ3v) is 2.64. The summed E-state index contributed by atoms with van der Waals surface area (Å²) < 4.78 is 13.5. The molecular formula is C13H10ClFN2O. The van der Waals surface area contributed by atoms with Crippen LogP contribution in [0.2, 0.25) is 5.02 Å². The van der Waals surface area contributed by atoms with Gasteiger partial charge >= 0.3 is 0 Å². The van der Waals surface area contributed by atoms with E-state index in [2.05, 4.69) is 10.3 Å². The topological polar surface area (TPSA) is 42.0 Å². The van der Waals surface area contributed by atoms with Crippen molar-refractivity contribution >= 4 is 23.2 Å². The zero-order valence-corrected chi connectivity index (χ0v) is 10.3. The average Bonchev–Trinajstić information content (AvgIpc) is 2.28. The zero-order chi connectivity index (χ0) is 13.1. The molecule has 3 nitrogen and oxygen atoms in total. The summed E-state index contributed by atoms with van der Waals surface area (Å²) in [6.45, 7) is 1.85.